The number of benzene rings is 1. The molecule has 0 atom stereocenters. The molecule has 1 aromatic rings. The molecule has 2 nitrogen and oxygen atoms in total. The van der Waals surface area contributed by atoms with Crippen molar-refractivity contribution in [3.8, 4) is 0 Å². The molecule has 0 aromatic heterocycles. The predicted octanol–water partition coefficient (Wildman–Crippen LogP) is 2.30. The second-order valence-corrected chi connectivity index (χ2v) is 4.62. The summed E-state index contributed by atoms with van der Waals surface area (Å²) in [5, 5.41) is 10.4. The van der Waals surface area contributed by atoms with Gasteiger partial charge in [0.2, 0.25) is 0 Å². The molecule has 0 saturated heterocycles. The lowest BCUT2D eigenvalue weighted by Crippen LogP contribution is -2.45. The molecular formula is C13H18O2. The van der Waals surface area contributed by atoms with Crippen molar-refractivity contribution in [1.82, 2.24) is 0 Å². The molecule has 2 rings (SSSR count). The number of aryl methyl sites for hydroxylation is 2. The van der Waals surface area contributed by atoms with Gasteiger partial charge in [-0.25, -0.2) is 0 Å². The Labute approximate surface area is 90.9 Å². The second kappa shape index (κ2) is 3.62. The summed E-state index contributed by atoms with van der Waals surface area (Å²) in [6.07, 6.45) is 1.65. The zero-order valence-electron chi connectivity index (χ0n) is 9.58. The molecule has 1 saturated carbocycles. The van der Waals surface area contributed by atoms with Crippen molar-refractivity contribution in [3.63, 3.8) is 0 Å². The molecular weight excluding hydrogens is 188 g/mol. The number of aliphatic hydroxyl groups is 1. The van der Waals surface area contributed by atoms with Crippen molar-refractivity contribution in [2.24, 2.45) is 0 Å². The maximum absolute atomic E-state index is 10.4. The molecule has 1 aliphatic carbocycles. The third-order valence-electron chi connectivity index (χ3n) is 3.36. The summed E-state index contributed by atoms with van der Waals surface area (Å²) in [4.78, 5) is 0. The molecule has 1 aliphatic rings. The average Bonchev–Trinajstić information content (AvgIpc) is 2.17. The minimum atomic E-state index is -0.656. The Morgan fingerprint density at radius 3 is 2.60 bits per heavy atom. The highest BCUT2D eigenvalue weighted by atomic mass is 16.5. The van der Waals surface area contributed by atoms with E-state index in [2.05, 4.69) is 25.1 Å². The average molecular weight is 206 g/mol. The highest BCUT2D eigenvalue weighted by Crippen LogP contribution is 2.44. The van der Waals surface area contributed by atoms with E-state index in [1.165, 1.54) is 5.56 Å². The van der Waals surface area contributed by atoms with Crippen molar-refractivity contribution in [1.29, 1.82) is 0 Å². The van der Waals surface area contributed by atoms with Gasteiger partial charge in [0, 0.05) is 20.0 Å². The third kappa shape index (κ3) is 1.80. The summed E-state index contributed by atoms with van der Waals surface area (Å²) in [5.41, 5.74) is 2.77. The van der Waals surface area contributed by atoms with Crippen molar-refractivity contribution >= 4 is 0 Å². The maximum atomic E-state index is 10.4. The van der Waals surface area contributed by atoms with E-state index in [0.29, 0.717) is 12.8 Å². The van der Waals surface area contributed by atoms with E-state index < -0.39 is 5.60 Å². The normalized spacial score (nSPS) is 30.0. The van der Waals surface area contributed by atoms with Crippen LogP contribution in [0.5, 0.6) is 0 Å². The van der Waals surface area contributed by atoms with Crippen LogP contribution in [0.3, 0.4) is 0 Å². The van der Waals surface area contributed by atoms with Gasteiger partial charge < -0.3 is 9.84 Å². The second-order valence-electron chi connectivity index (χ2n) is 4.62. The van der Waals surface area contributed by atoms with Crippen LogP contribution in [0.4, 0.5) is 0 Å². The van der Waals surface area contributed by atoms with Gasteiger partial charge in [-0.2, -0.15) is 0 Å². The van der Waals surface area contributed by atoms with Gasteiger partial charge in [0.15, 0.2) is 0 Å². The van der Waals surface area contributed by atoms with E-state index in [-0.39, 0.29) is 6.10 Å². The third-order valence-corrected chi connectivity index (χ3v) is 3.36. The van der Waals surface area contributed by atoms with Crippen LogP contribution in [-0.2, 0) is 10.3 Å². The fourth-order valence-corrected chi connectivity index (χ4v) is 2.32. The smallest absolute Gasteiger partial charge is 0.0948 e. The van der Waals surface area contributed by atoms with Gasteiger partial charge in [0.25, 0.3) is 0 Å². The van der Waals surface area contributed by atoms with Crippen LogP contribution in [0.2, 0.25) is 0 Å². The number of methoxy groups -OCH3 is 1. The van der Waals surface area contributed by atoms with E-state index in [9.17, 15) is 5.11 Å². The Morgan fingerprint density at radius 2 is 2.00 bits per heavy atom. The number of ether oxygens (including phenoxy) is 1. The largest absolute Gasteiger partial charge is 0.385 e. The fourth-order valence-electron chi connectivity index (χ4n) is 2.32. The highest BCUT2D eigenvalue weighted by molar-refractivity contribution is 5.36. The van der Waals surface area contributed by atoms with Gasteiger partial charge in [-0.05, 0) is 25.0 Å². The Balaban J connectivity index is 2.27. The quantitative estimate of drug-likeness (QED) is 0.804. The van der Waals surface area contributed by atoms with E-state index >= 15 is 0 Å². The van der Waals surface area contributed by atoms with Gasteiger partial charge in [0.05, 0.1) is 11.7 Å². The summed E-state index contributed by atoms with van der Waals surface area (Å²) in [6, 6.07) is 6.23. The molecule has 2 heteroatoms. The summed E-state index contributed by atoms with van der Waals surface area (Å²) in [6.45, 7) is 4.10. The van der Waals surface area contributed by atoms with Gasteiger partial charge in [0.1, 0.15) is 0 Å². The molecule has 0 radical (unpaired) electrons. The number of hydrogen-bond acceptors (Lipinski definition) is 2. The first-order valence-electron chi connectivity index (χ1n) is 5.38. The molecule has 0 bridgehead atoms. The molecule has 0 unspecified atom stereocenters. The molecule has 0 amide bonds. The molecule has 1 aromatic carbocycles. The van der Waals surface area contributed by atoms with Crippen LogP contribution in [-0.4, -0.2) is 18.3 Å². The van der Waals surface area contributed by atoms with Crippen LogP contribution >= 0.6 is 0 Å². The van der Waals surface area contributed by atoms with Crippen LogP contribution < -0.4 is 0 Å². The molecule has 0 heterocycles. The van der Waals surface area contributed by atoms with Crippen molar-refractivity contribution < 1.29 is 9.84 Å². The van der Waals surface area contributed by atoms with E-state index in [1.54, 1.807) is 7.11 Å². The number of hydrogen-bond donors (Lipinski definition) is 1. The Hall–Kier alpha value is -0.860. The lowest BCUT2D eigenvalue weighted by atomic mass is 9.71. The van der Waals surface area contributed by atoms with Crippen LogP contribution in [0.1, 0.15) is 29.5 Å². The van der Waals surface area contributed by atoms with Crippen molar-refractivity contribution in [2.45, 2.75) is 38.4 Å². The first kappa shape index (κ1) is 10.7. The first-order valence-corrected chi connectivity index (χ1v) is 5.38. The Morgan fingerprint density at radius 1 is 1.33 bits per heavy atom. The van der Waals surface area contributed by atoms with Gasteiger partial charge in [-0.3, -0.25) is 0 Å². The van der Waals surface area contributed by atoms with Gasteiger partial charge >= 0.3 is 0 Å². The topological polar surface area (TPSA) is 29.5 Å². The first-order chi connectivity index (χ1) is 7.05. The Bertz CT molecular complexity index is 365. The highest BCUT2D eigenvalue weighted by Gasteiger charge is 2.44. The van der Waals surface area contributed by atoms with Crippen LogP contribution in [0.15, 0.2) is 18.2 Å². The van der Waals surface area contributed by atoms with E-state index in [1.807, 2.05) is 6.92 Å². The maximum Gasteiger partial charge on any atom is 0.0948 e. The zero-order valence-corrected chi connectivity index (χ0v) is 9.58. The SMILES string of the molecule is COC1CC(O)(c2cc(C)ccc2C)C1. The predicted molar refractivity (Wildman–Crippen MR) is 59.8 cm³/mol. The van der Waals surface area contributed by atoms with Crippen molar-refractivity contribution in [2.75, 3.05) is 7.11 Å². The molecule has 1 fully saturated rings. The summed E-state index contributed by atoms with van der Waals surface area (Å²) >= 11 is 0. The van der Waals surface area contributed by atoms with Crippen molar-refractivity contribution in [3.05, 3.63) is 34.9 Å². The standard InChI is InChI=1S/C13H18O2/c1-9-4-5-10(2)12(6-9)13(14)7-11(8-13)15-3/h4-6,11,14H,7-8H2,1-3H3. The summed E-state index contributed by atoms with van der Waals surface area (Å²) in [5.74, 6) is 0. The van der Waals surface area contributed by atoms with E-state index in [0.717, 1.165) is 11.1 Å². The van der Waals surface area contributed by atoms with Gasteiger partial charge in [-0.1, -0.05) is 23.8 Å². The van der Waals surface area contributed by atoms with Crippen LogP contribution in [0.25, 0.3) is 0 Å². The molecule has 15 heavy (non-hydrogen) atoms. The molecule has 82 valence electrons. The molecule has 0 spiro atoms. The van der Waals surface area contributed by atoms with Gasteiger partial charge in [-0.15, -0.1) is 0 Å². The number of rotatable bonds is 2. The van der Waals surface area contributed by atoms with Crippen LogP contribution in [0, 0.1) is 13.8 Å². The lowest BCUT2D eigenvalue weighted by Gasteiger charge is -2.43. The minimum absolute atomic E-state index is 0.218. The Kier molecular flexibility index (Phi) is 2.57. The zero-order chi connectivity index (χ0) is 11.1. The minimum Gasteiger partial charge on any atom is -0.385 e. The monoisotopic (exact) mass is 206 g/mol. The van der Waals surface area contributed by atoms with E-state index in [4.69, 9.17) is 4.74 Å². The molecule has 1 N–H and O–H groups in total. The summed E-state index contributed by atoms with van der Waals surface area (Å²) in [7, 11) is 1.70. The lowest BCUT2D eigenvalue weighted by molar-refractivity contribution is -0.133. The fraction of sp³-hybridized carbons (Fsp3) is 0.538. The summed E-state index contributed by atoms with van der Waals surface area (Å²) < 4.78 is 5.21. The molecule has 0 aliphatic heterocycles.